The SMILES string of the molecule is FCCOc1ccc(C(F)(F)F)n2ncnc12. The molecule has 2 aromatic rings. The first-order valence-corrected chi connectivity index (χ1v) is 4.62. The second kappa shape index (κ2) is 4.19. The Morgan fingerprint density at radius 2 is 2.06 bits per heavy atom. The van der Waals surface area contributed by atoms with Crippen molar-refractivity contribution in [1.29, 1.82) is 0 Å². The number of hydrogen-bond donors (Lipinski definition) is 0. The van der Waals surface area contributed by atoms with Crippen molar-refractivity contribution in [2.24, 2.45) is 0 Å². The van der Waals surface area contributed by atoms with Crippen LogP contribution in [0.1, 0.15) is 5.69 Å². The van der Waals surface area contributed by atoms with Crippen molar-refractivity contribution in [3.05, 3.63) is 24.2 Å². The van der Waals surface area contributed by atoms with Crippen LogP contribution in [-0.2, 0) is 6.18 Å². The van der Waals surface area contributed by atoms with Crippen LogP contribution in [0.3, 0.4) is 0 Å². The standard InChI is InChI=1S/C9H7F4N3O/c10-3-4-17-6-1-2-7(9(11,12)13)16-8(6)14-5-15-16/h1-2,5H,3-4H2. The van der Waals surface area contributed by atoms with Gasteiger partial charge in [0, 0.05) is 0 Å². The van der Waals surface area contributed by atoms with Gasteiger partial charge in [-0.05, 0) is 12.1 Å². The molecule has 0 saturated heterocycles. The van der Waals surface area contributed by atoms with Gasteiger partial charge in [0.25, 0.3) is 0 Å². The van der Waals surface area contributed by atoms with Crippen molar-refractivity contribution in [3.63, 3.8) is 0 Å². The number of halogens is 4. The minimum atomic E-state index is -4.54. The van der Waals surface area contributed by atoms with E-state index in [4.69, 9.17) is 4.74 Å². The molecular formula is C9H7F4N3O. The van der Waals surface area contributed by atoms with E-state index in [1.807, 2.05) is 0 Å². The highest BCUT2D eigenvalue weighted by Gasteiger charge is 2.34. The first-order valence-electron chi connectivity index (χ1n) is 4.62. The van der Waals surface area contributed by atoms with E-state index in [2.05, 4.69) is 10.1 Å². The first-order chi connectivity index (χ1) is 8.04. The Balaban J connectivity index is 2.51. The van der Waals surface area contributed by atoms with E-state index in [1.165, 1.54) is 0 Å². The van der Waals surface area contributed by atoms with Crippen LogP contribution in [0.5, 0.6) is 5.75 Å². The van der Waals surface area contributed by atoms with Crippen LogP contribution >= 0.6 is 0 Å². The quantitative estimate of drug-likeness (QED) is 0.782. The molecule has 92 valence electrons. The molecule has 0 aliphatic heterocycles. The zero-order valence-electron chi connectivity index (χ0n) is 8.41. The number of hydrogen-bond acceptors (Lipinski definition) is 3. The molecule has 0 spiro atoms. The van der Waals surface area contributed by atoms with Crippen LogP contribution in [0, 0.1) is 0 Å². The van der Waals surface area contributed by atoms with Crippen molar-refractivity contribution in [2.45, 2.75) is 6.18 Å². The highest BCUT2D eigenvalue weighted by molar-refractivity contribution is 5.53. The van der Waals surface area contributed by atoms with Gasteiger partial charge in [-0.2, -0.15) is 18.3 Å². The van der Waals surface area contributed by atoms with E-state index in [0.29, 0.717) is 4.52 Å². The summed E-state index contributed by atoms with van der Waals surface area (Å²) in [6.45, 7) is -0.977. The van der Waals surface area contributed by atoms with Gasteiger partial charge in [-0.15, -0.1) is 0 Å². The minimum Gasteiger partial charge on any atom is -0.487 e. The zero-order valence-corrected chi connectivity index (χ0v) is 8.41. The lowest BCUT2D eigenvalue weighted by atomic mass is 10.3. The maximum atomic E-state index is 12.6. The van der Waals surface area contributed by atoms with Gasteiger partial charge in [0.1, 0.15) is 25.3 Å². The molecule has 2 heterocycles. The van der Waals surface area contributed by atoms with Crippen LogP contribution < -0.4 is 4.74 Å². The number of alkyl halides is 4. The third-order valence-electron chi connectivity index (χ3n) is 2.01. The Morgan fingerprint density at radius 3 is 2.71 bits per heavy atom. The molecular weight excluding hydrogens is 242 g/mol. The average Bonchev–Trinajstić information content (AvgIpc) is 2.72. The Kier molecular flexibility index (Phi) is 2.86. The van der Waals surface area contributed by atoms with Crippen molar-refractivity contribution >= 4 is 5.65 Å². The molecule has 0 radical (unpaired) electrons. The van der Waals surface area contributed by atoms with Crippen molar-refractivity contribution < 1.29 is 22.3 Å². The Labute approximate surface area is 92.8 Å². The number of nitrogens with zero attached hydrogens (tertiary/aromatic N) is 3. The lowest BCUT2D eigenvalue weighted by molar-refractivity contribution is -0.142. The lowest BCUT2D eigenvalue weighted by Crippen LogP contribution is -2.13. The molecule has 0 N–H and O–H groups in total. The zero-order chi connectivity index (χ0) is 12.5. The van der Waals surface area contributed by atoms with Gasteiger partial charge in [-0.25, -0.2) is 13.9 Å². The van der Waals surface area contributed by atoms with Crippen molar-refractivity contribution in [1.82, 2.24) is 14.6 Å². The van der Waals surface area contributed by atoms with Crippen LogP contribution in [0.15, 0.2) is 18.5 Å². The summed E-state index contributed by atoms with van der Waals surface area (Å²) in [6.07, 6.45) is -3.56. The third kappa shape index (κ3) is 2.15. The summed E-state index contributed by atoms with van der Waals surface area (Å²) in [5.74, 6) is 0.0631. The Bertz CT molecular complexity index is 522. The van der Waals surface area contributed by atoms with E-state index in [9.17, 15) is 17.6 Å². The van der Waals surface area contributed by atoms with Crippen LogP contribution in [-0.4, -0.2) is 27.9 Å². The smallest absolute Gasteiger partial charge is 0.433 e. The first kappa shape index (κ1) is 11.6. The van der Waals surface area contributed by atoms with Crippen molar-refractivity contribution in [3.8, 4) is 5.75 Å². The molecule has 8 heteroatoms. The number of ether oxygens (including phenoxy) is 1. The molecule has 0 amide bonds. The van der Waals surface area contributed by atoms with Gasteiger partial charge in [0.15, 0.2) is 11.4 Å². The van der Waals surface area contributed by atoms with Crippen LogP contribution in [0.25, 0.3) is 5.65 Å². The van der Waals surface area contributed by atoms with Gasteiger partial charge in [-0.1, -0.05) is 0 Å². The minimum absolute atomic E-state index is 0.0631. The molecule has 0 fully saturated rings. The number of aromatic nitrogens is 3. The topological polar surface area (TPSA) is 39.4 Å². The molecule has 0 bridgehead atoms. The number of rotatable bonds is 3. The molecule has 0 atom stereocenters. The molecule has 0 aromatic carbocycles. The summed E-state index contributed by atoms with van der Waals surface area (Å²) in [4.78, 5) is 3.65. The van der Waals surface area contributed by atoms with E-state index >= 15 is 0 Å². The van der Waals surface area contributed by atoms with E-state index in [0.717, 1.165) is 18.5 Å². The third-order valence-corrected chi connectivity index (χ3v) is 2.01. The lowest BCUT2D eigenvalue weighted by Gasteiger charge is -2.10. The fraction of sp³-hybridized carbons (Fsp3) is 0.333. The summed E-state index contributed by atoms with van der Waals surface area (Å²) in [5.41, 5.74) is -1.05. The molecule has 2 rings (SSSR count). The number of pyridine rings is 1. The molecule has 4 nitrogen and oxygen atoms in total. The average molecular weight is 249 g/mol. The predicted molar refractivity (Wildman–Crippen MR) is 49.5 cm³/mol. The summed E-state index contributed by atoms with van der Waals surface area (Å²) in [7, 11) is 0. The summed E-state index contributed by atoms with van der Waals surface area (Å²) in [6, 6.07) is 1.91. The normalized spacial score (nSPS) is 12.0. The molecule has 17 heavy (non-hydrogen) atoms. The molecule has 2 aromatic heterocycles. The highest BCUT2D eigenvalue weighted by atomic mass is 19.4. The second-order valence-corrected chi connectivity index (χ2v) is 3.11. The molecule has 0 aliphatic carbocycles. The second-order valence-electron chi connectivity index (χ2n) is 3.11. The van der Waals surface area contributed by atoms with Gasteiger partial charge in [-0.3, -0.25) is 0 Å². The van der Waals surface area contributed by atoms with Crippen LogP contribution in [0.4, 0.5) is 17.6 Å². The monoisotopic (exact) mass is 249 g/mol. The van der Waals surface area contributed by atoms with Gasteiger partial charge in [0.2, 0.25) is 0 Å². The Morgan fingerprint density at radius 1 is 1.29 bits per heavy atom. The molecule has 0 unspecified atom stereocenters. The van der Waals surface area contributed by atoms with Crippen molar-refractivity contribution in [2.75, 3.05) is 13.3 Å². The maximum absolute atomic E-state index is 12.6. The van der Waals surface area contributed by atoms with E-state index in [-0.39, 0.29) is 18.0 Å². The van der Waals surface area contributed by atoms with Gasteiger partial charge < -0.3 is 4.74 Å². The van der Waals surface area contributed by atoms with Crippen LogP contribution in [0.2, 0.25) is 0 Å². The predicted octanol–water partition coefficient (Wildman–Crippen LogP) is 2.10. The highest BCUT2D eigenvalue weighted by Crippen LogP contribution is 2.31. The molecule has 0 aliphatic rings. The molecule has 0 saturated carbocycles. The fourth-order valence-corrected chi connectivity index (χ4v) is 1.36. The van der Waals surface area contributed by atoms with E-state index < -0.39 is 18.5 Å². The summed E-state index contributed by atoms with van der Waals surface area (Å²) in [5, 5.41) is 3.47. The summed E-state index contributed by atoms with van der Waals surface area (Å²) >= 11 is 0. The van der Waals surface area contributed by atoms with Gasteiger partial charge in [0.05, 0.1) is 0 Å². The fourth-order valence-electron chi connectivity index (χ4n) is 1.36. The Hall–Kier alpha value is -1.86. The number of fused-ring (bicyclic) bond motifs is 1. The van der Waals surface area contributed by atoms with Gasteiger partial charge >= 0.3 is 6.18 Å². The maximum Gasteiger partial charge on any atom is 0.433 e. The van der Waals surface area contributed by atoms with E-state index in [1.54, 1.807) is 0 Å². The largest absolute Gasteiger partial charge is 0.487 e. The summed E-state index contributed by atoms with van der Waals surface area (Å²) < 4.78 is 55.2.